The van der Waals surface area contributed by atoms with E-state index in [2.05, 4.69) is 48.6 Å². The molecule has 0 unspecified atom stereocenters. The first kappa shape index (κ1) is 26.2. The van der Waals surface area contributed by atoms with E-state index in [1.807, 2.05) is 0 Å². The van der Waals surface area contributed by atoms with Gasteiger partial charge in [-0.05, 0) is 31.6 Å². The summed E-state index contributed by atoms with van der Waals surface area (Å²) in [5, 5.41) is 0. The Morgan fingerprint density at radius 2 is 1.17 bits per heavy atom. The standard InChI is InChI=1S/C27H53N2/c1-4-5-6-7-8-10-13-16-19-22-28-24-25-29(26-28)23-20-17-14-11-9-12-15-18-21-27(2)3/h24-27H,4-23H2,1-3H3/q+1. The van der Waals surface area contributed by atoms with Gasteiger partial charge in [0.05, 0.1) is 13.1 Å². The molecule has 0 fully saturated rings. The molecule has 1 heterocycles. The molecule has 0 saturated heterocycles. The third-order valence-corrected chi connectivity index (χ3v) is 6.21. The lowest BCUT2D eigenvalue weighted by molar-refractivity contribution is -0.696. The normalized spacial score (nSPS) is 11.6. The van der Waals surface area contributed by atoms with Gasteiger partial charge in [-0.15, -0.1) is 0 Å². The molecule has 2 heteroatoms. The summed E-state index contributed by atoms with van der Waals surface area (Å²) in [4.78, 5) is 0. The van der Waals surface area contributed by atoms with E-state index in [4.69, 9.17) is 0 Å². The van der Waals surface area contributed by atoms with E-state index >= 15 is 0 Å². The van der Waals surface area contributed by atoms with Gasteiger partial charge in [-0.3, -0.25) is 0 Å². The van der Waals surface area contributed by atoms with Crippen molar-refractivity contribution in [2.24, 2.45) is 5.92 Å². The fourth-order valence-corrected chi connectivity index (χ4v) is 4.22. The van der Waals surface area contributed by atoms with Crippen LogP contribution in [-0.2, 0) is 13.1 Å². The first-order valence-electron chi connectivity index (χ1n) is 13.3. The average molecular weight is 406 g/mol. The smallest absolute Gasteiger partial charge is 0.237 e. The summed E-state index contributed by atoms with van der Waals surface area (Å²) in [5.41, 5.74) is 0. The van der Waals surface area contributed by atoms with Crippen LogP contribution in [0, 0.1) is 5.92 Å². The molecule has 1 rings (SSSR count). The second-order valence-corrected chi connectivity index (χ2v) is 9.73. The first-order chi connectivity index (χ1) is 14.2. The van der Waals surface area contributed by atoms with Gasteiger partial charge < -0.3 is 0 Å². The monoisotopic (exact) mass is 405 g/mol. The molecule has 170 valence electrons. The summed E-state index contributed by atoms with van der Waals surface area (Å²) in [7, 11) is 0. The number of hydrogen-bond donors (Lipinski definition) is 0. The Bertz CT molecular complexity index is 449. The number of rotatable bonds is 21. The minimum Gasteiger partial charge on any atom is -0.237 e. The molecule has 0 amide bonds. The van der Waals surface area contributed by atoms with Crippen molar-refractivity contribution in [3.8, 4) is 0 Å². The molecule has 0 N–H and O–H groups in total. The van der Waals surface area contributed by atoms with Gasteiger partial charge in [-0.25, -0.2) is 9.13 Å². The van der Waals surface area contributed by atoms with Crippen LogP contribution in [0.25, 0.3) is 0 Å². The SMILES string of the molecule is CCCCCCCCCCCn1cc[n+](CCCCCCCCCCC(C)C)c1. The van der Waals surface area contributed by atoms with Gasteiger partial charge in [-0.2, -0.15) is 0 Å². The molecule has 1 aromatic heterocycles. The lowest BCUT2D eigenvalue weighted by Crippen LogP contribution is -2.30. The van der Waals surface area contributed by atoms with Gasteiger partial charge in [0.1, 0.15) is 12.4 Å². The van der Waals surface area contributed by atoms with Crippen LogP contribution < -0.4 is 4.57 Å². The van der Waals surface area contributed by atoms with Crippen LogP contribution in [0.5, 0.6) is 0 Å². The molecule has 2 nitrogen and oxygen atoms in total. The van der Waals surface area contributed by atoms with Crippen LogP contribution >= 0.6 is 0 Å². The number of unbranched alkanes of at least 4 members (excludes halogenated alkanes) is 15. The average Bonchev–Trinajstić information content (AvgIpc) is 3.15. The summed E-state index contributed by atoms with van der Waals surface area (Å²) in [6, 6.07) is 0. The predicted octanol–water partition coefficient (Wildman–Crippen LogP) is 8.47. The van der Waals surface area contributed by atoms with E-state index in [0.29, 0.717) is 0 Å². The predicted molar refractivity (Wildman–Crippen MR) is 128 cm³/mol. The zero-order valence-corrected chi connectivity index (χ0v) is 20.3. The summed E-state index contributed by atoms with van der Waals surface area (Å²) >= 11 is 0. The Morgan fingerprint density at radius 3 is 1.76 bits per heavy atom. The highest BCUT2D eigenvalue weighted by Crippen LogP contribution is 2.13. The summed E-state index contributed by atoms with van der Waals surface area (Å²) in [5.74, 6) is 0.882. The maximum atomic E-state index is 2.39. The minimum atomic E-state index is 0.882. The number of imidazole rings is 1. The zero-order chi connectivity index (χ0) is 21.0. The Balaban J connectivity index is 1.89. The van der Waals surface area contributed by atoms with Crippen LogP contribution in [0.15, 0.2) is 18.7 Å². The molecule has 0 saturated carbocycles. The van der Waals surface area contributed by atoms with Crippen LogP contribution in [-0.4, -0.2) is 4.57 Å². The molecule has 0 radical (unpaired) electrons. The third-order valence-electron chi connectivity index (χ3n) is 6.21. The van der Waals surface area contributed by atoms with Gasteiger partial charge in [0.25, 0.3) is 0 Å². The molecule has 0 aromatic carbocycles. The van der Waals surface area contributed by atoms with E-state index < -0.39 is 0 Å². The maximum Gasteiger partial charge on any atom is 0.243 e. The highest BCUT2D eigenvalue weighted by atomic mass is 15.1. The Kier molecular flexibility index (Phi) is 17.4. The number of aryl methyl sites for hydroxylation is 2. The van der Waals surface area contributed by atoms with E-state index in [1.165, 1.54) is 129 Å². The van der Waals surface area contributed by atoms with Crippen LogP contribution in [0.2, 0.25) is 0 Å². The van der Waals surface area contributed by atoms with Gasteiger partial charge >= 0.3 is 0 Å². The van der Waals surface area contributed by atoms with Crippen LogP contribution in [0.1, 0.15) is 136 Å². The molecule has 0 bridgehead atoms. The number of aromatic nitrogens is 2. The molecule has 29 heavy (non-hydrogen) atoms. The maximum absolute atomic E-state index is 2.39. The van der Waals surface area contributed by atoms with E-state index in [0.717, 1.165) is 5.92 Å². The van der Waals surface area contributed by atoms with Crippen molar-refractivity contribution in [3.05, 3.63) is 18.7 Å². The lowest BCUT2D eigenvalue weighted by atomic mass is 10.0. The first-order valence-corrected chi connectivity index (χ1v) is 13.3. The second-order valence-electron chi connectivity index (χ2n) is 9.73. The molecule has 1 aromatic rings. The minimum absolute atomic E-state index is 0.882. The third kappa shape index (κ3) is 16.7. The Labute approximate surface area is 183 Å². The molecule has 0 aliphatic carbocycles. The summed E-state index contributed by atoms with van der Waals surface area (Å²) < 4.78 is 4.78. The molecular weight excluding hydrogens is 352 g/mol. The topological polar surface area (TPSA) is 8.81 Å². The second kappa shape index (κ2) is 19.2. The van der Waals surface area contributed by atoms with Gasteiger partial charge in [0, 0.05) is 0 Å². The largest absolute Gasteiger partial charge is 0.243 e. The van der Waals surface area contributed by atoms with Crippen LogP contribution in [0.3, 0.4) is 0 Å². The Hall–Kier alpha value is -0.790. The van der Waals surface area contributed by atoms with Crippen molar-refractivity contribution in [2.75, 3.05) is 0 Å². The Morgan fingerprint density at radius 1 is 0.655 bits per heavy atom. The zero-order valence-electron chi connectivity index (χ0n) is 20.3. The van der Waals surface area contributed by atoms with Crippen molar-refractivity contribution in [1.82, 2.24) is 4.57 Å². The van der Waals surface area contributed by atoms with E-state index in [9.17, 15) is 0 Å². The van der Waals surface area contributed by atoms with Gasteiger partial charge in [0.2, 0.25) is 6.33 Å². The number of hydrogen-bond acceptors (Lipinski definition) is 0. The molecule has 0 spiro atoms. The van der Waals surface area contributed by atoms with Crippen LogP contribution in [0.4, 0.5) is 0 Å². The van der Waals surface area contributed by atoms with Gasteiger partial charge in [-0.1, -0.05) is 111 Å². The van der Waals surface area contributed by atoms with Crippen molar-refractivity contribution >= 4 is 0 Å². The highest BCUT2D eigenvalue weighted by molar-refractivity contribution is 4.66. The van der Waals surface area contributed by atoms with Crippen molar-refractivity contribution < 1.29 is 4.57 Å². The molecule has 0 atom stereocenters. The lowest BCUT2D eigenvalue weighted by Gasteiger charge is -2.04. The van der Waals surface area contributed by atoms with Crippen molar-refractivity contribution in [2.45, 2.75) is 149 Å². The molecule has 0 aliphatic heterocycles. The van der Waals surface area contributed by atoms with Crippen molar-refractivity contribution in [1.29, 1.82) is 0 Å². The molecular formula is C27H53N2+. The number of nitrogens with zero attached hydrogens (tertiary/aromatic N) is 2. The van der Waals surface area contributed by atoms with E-state index in [1.54, 1.807) is 0 Å². The fourth-order valence-electron chi connectivity index (χ4n) is 4.22. The summed E-state index contributed by atoms with van der Waals surface area (Å²) in [6.45, 7) is 9.36. The van der Waals surface area contributed by atoms with Gasteiger partial charge in [0.15, 0.2) is 0 Å². The van der Waals surface area contributed by atoms with Crippen molar-refractivity contribution in [3.63, 3.8) is 0 Å². The molecule has 0 aliphatic rings. The van der Waals surface area contributed by atoms with E-state index in [-0.39, 0.29) is 0 Å². The highest BCUT2D eigenvalue weighted by Gasteiger charge is 2.03. The quantitative estimate of drug-likeness (QED) is 0.143. The fraction of sp³-hybridized carbons (Fsp3) is 0.889. The summed E-state index contributed by atoms with van der Waals surface area (Å²) in [6.07, 6.45) is 32.3.